The number of halogens is 1. The van der Waals surface area contributed by atoms with Gasteiger partial charge in [0.15, 0.2) is 5.65 Å². The maximum atomic E-state index is 6.19. The molecule has 100 valence electrons. The highest BCUT2D eigenvalue weighted by atomic mass is 35.5. The van der Waals surface area contributed by atoms with E-state index in [1.807, 2.05) is 43.3 Å². The Morgan fingerprint density at radius 2 is 1.85 bits per heavy atom. The average Bonchev–Trinajstić information content (AvgIpc) is 2.47. The normalized spacial score (nSPS) is 12.3. The van der Waals surface area contributed by atoms with Crippen LogP contribution in [0.15, 0.2) is 48.8 Å². The van der Waals surface area contributed by atoms with Gasteiger partial charge in [0.05, 0.1) is 5.38 Å². The maximum Gasteiger partial charge on any atom is 0.180 e. The molecule has 0 saturated carbocycles. The molecule has 1 atom stereocenters. The van der Waals surface area contributed by atoms with Gasteiger partial charge in [-0.1, -0.05) is 18.2 Å². The topological polar surface area (TPSA) is 50.7 Å². The predicted octanol–water partition coefficient (Wildman–Crippen LogP) is 4.07. The highest BCUT2D eigenvalue weighted by molar-refractivity contribution is 6.21. The van der Waals surface area contributed by atoms with Gasteiger partial charge in [0, 0.05) is 18.1 Å². The van der Waals surface area contributed by atoms with E-state index >= 15 is 0 Å². The van der Waals surface area contributed by atoms with Crippen LogP contribution in [0.4, 0.5) is 11.5 Å². The van der Waals surface area contributed by atoms with Crippen LogP contribution in [0.2, 0.25) is 0 Å². The van der Waals surface area contributed by atoms with E-state index in [4.69, 9.17) is 11.6 Å². The fourth-order valence-electron chi connectivity index (χ4n) is 2.02. The standard InChI is InChI=1S/C15H13ClN4/c1-10(16)11-4-2-3-5-12(11)19-14-7-6-13-15(20-14)18-9-8-17-13/h2-10H,1H3,(H,18,19,20). The van der Waals surface area contributed by atoms with Gasteiger partial charge in [0.25, 0.3) is 0 Å². The van der Waals surface area contributed by atoms with Gasteiger partial charge < -0.3 is 5.32 Å². The SMILES string of the molecule is CC(Cl)c1ccccc1Nc1ccc2nccnc2n1. The summed E-state index contributed by atoms with van der Waals surface area (Å²) in [6.07, 6.45) is 3.29. The highest BCUT2D eigenvalue weighted by Gasteiger charge is 2.08. The number of pyridine rings is 1. The number of anilines is 2. The number of nitrogens with zero attached hydrogens (tertiary/aromatic N) is 3. The van der Waals surface area contributed by atoms with Crippen molar-refractivity contribution in [3.63, 3.8) is 0 Å². The Balaban J connectivity index is 1.97. The lowest BCUT2D eigenvalue weighted by Crippen LogP contribution is -1.99. The molecule has 0 bridgehead atoms. The molecule has 1 unspecified atom stereocenters. The second-order valence-corrected chi connectivity index (χ2v) is 5.08. The summed E-state index contributed by atoms with van der Waals surface area (Å²) in [4.78, 5) is 12.8. The molecule has 3 rings (SSSR count). The van der Waals surface area contributed by atoms with E-state index in [0.29, 0.717) is 5.65 Å². The number of aromatic nitrogens is 3. The molecule has 3 aromatic rings. The van der Waals surface area contributed by atoms with Gasteiger partial charge >= 0.3 is 0 Å². The van der Waals surface area contributed by atoms with E-state index in [2.05, 4.69) is 20.3 Å². The van der Waals surface area contributed by atoms with Crippen LogP contribution in [-0.2, 0) is 0 Å². The predicted molar refractivity (Wildman–Crippen MR) is 81.3 cm³/mol. The van der Waals surface area contributed by atoms with E-state index in [9.17, 15) is 0 Å². The Hall–Kier alpha value is -2.20. The third-order valence-corrected chi connectivity index (χ3v) is 3.22. The zero-order valence-corrected chi connectivity index (χ0v) is 11.7. The summed E-state index contributed by atoms with van der Waals surface area (Å²) in [5.74, 6) is 0.725. The lowest BCUT2D eigenvalue weighted by molar-refractivity contribution is 1.08. The van der Waals surface area contributed by atoms with Crippen molar-refractivity contribution in [2.24, 2.45) is 0 Å². The van der Waals surface area contributed by atoms with Gasteiger partial charge in [0.2, 0.25) is 0 Å². The number of rotatable bonds is 3. The van der Waals surface area contributed by atoms with E-state index in [1.54, 1.807) is 12.4 Å². The van der Waals surface area contributed by atoms with Gasteiger partial charge in [-0.05, 0) is 30.7 Å². The number of hydrogen-bond donors (Lipinski definition) is 1. The second kappa shape index (κ2) is 5.43. The molecule has 0 aliphatic carbocycles. The van der Waals surface area contributed by atoms with Crippen molar-refractivity contribution in [2.75, 3.05) is 5.32 Å². The number of benzene rings is 1. The number of fused-ring (bicyclic) bond motifs is 1. The van der Waals surface area contributed by atoms with Crippen LogP contribution in [-0.4, -0.2) is 15.0 Å². The van der Waals surface area contributed by atoms with E-state index < -0.39 is 0 Å². The van der Waals surface area contributed by atoms with Crippen molar-refractivity contribution >= 4 is 34.3 Å². The van der Waals surface area contributed by atoms with Crippen molar-refractivity contribution in [1.29, 1.82) is 0 Å². The zero-order valence-electron chi connectivity index (χ0n) is 10.9. The molecule has 4 nitrogen and oxygen atoms in total. The van der Waals surface area contributed by atoms with Gasteiger partial charge in [-0.25, -0.2) is 9.97 Å². The Labute approximate surface area is 121 Å². The van der Waals surface area contributed by atoms with Crippen LogP contribution in [0.1, 0.15) is 17.9 Å². The molecule has 0 saturated heterocycles. The molecule has 1 aromatic carbocycles. The van der Waals surface area contributed by atoms with Crippen molar-refractivity contribution < 1.29 is 0 Å². The molecule has 5 heteroatoms. The van der Waals surface area contributed by atoms with Gasteiger partial charge in [-0.2, -0.15) is 0 Å². The first-order valence-corrected chi connectivity index (χ1v) is 6.75. The first-order chi connectivity index (χ1) is 9.74. The van der Waals surface area contributed by atoms with E-state index in [0.717, 1.165) is 22.6 Å². The number of nitrogens with one attached hydrogen (secondary N) is 1. The molecule has 0 aliphatic rings. The number of hydrogen-bond acceptors (Lipinski definition) is 4. The molecule has 2 aromatic heterocycles. The van der Waals surface area contributed by atoms with Crippen LogP contribution in [0.3, 0.4) is 0 Å². The van der Waals surface area contributed by atoms with Gasteiger partial charge in [-0.3, -0.25) is 4.98 Å². The van der Waals surface area contributed by atoms with Crippen molar-refractivity contribution in [2.45, 2.75) is 12.3 Å². The second-order valence-electron chi connectivity index (χ2n) is 4.42. The average molecular weight is 285 g/mol. The summed E-state index contributed by atoms with van der Waals surface area (Å²) in [7, 11) is 0. The molecule has 0 amide bonds. The van der Waals surface area contributed by atoms with E-state index in [-0.39, 0.29) is 5.38 Å². The van der Waals surface area contributed by atoms with Crippen LogP contribution >= 0.6 is 11.6 Å². The molecule has 0 aliphatic heterocycles. The molecule has 2 heterocycles. The summed E-state index contributed by atoms with van der Waals surface area (Å²) < 4.78 is 0. The summed E-state index contributed by atoms with van der Waals surface area (Å²) in [5, 5.41) is 3.21. The quantitative estimate of drug-likeness (QED) is 0.737. The Bertz CT molecular complexity index is 743. The molecule has 1 N–H and O–H groups in total. The smallest absolute Gasteiger partial charge is 0.180 e. The highest BCUT2D eigenvalue weighted by Crippen LogP contribution is 2.29. The minimum absolute atomic E-state index is 0.0704. The van der Waals surface area contributed by atoms with Crippen LogP contribution < -0.4 is 5.32 Å². The molecular formula is C15H13ClN4. The number of para-hydroxylation sites is 1. The van der Waals surface area contributed by atoms with Crippen molar-refractivity contribution in [1.82, 2.24) is 15.0 Å². The summed E-state index contributed by atoms with van der Waals surface area (Å²) in [5.41, 5.74) is 3.38. The molecule has 0 spiro atoms. The minimum Gasteiger partial charge on any atom is -0.340 e. The third-order valence-electron chi connectivity index (χ3n) is 2.98. The Morgan fingerprint density at radius 3 is 2.70 bits per heavy atom. The first-order valence-electron chi connectivity index (χ1n) is 6.32. The molecule has 20 heavy (non-hydrogen) atoms. The van der Waals surface area contributed by atoms with Gasteiger partial charge in [0.1, 0.15) is 11.3 Å². The Morgan fingerprint density at radius 1 is 1.05 bits per heavy atom. The summed E-state index contributed by atoms with van der Waals surface area (Å²) in [6, 6.07) is 11.7. The van der Waals surface area contributed by atoms with Crippen LogP contribution in [0, 0.1) is 0 Å². The maximum absolute atomic E-state index is 6.19. The zero-order chi connectivity index (χ0) is 13.9. The summed E-state index contributed by atoms with van der Waals surface area (Å²) >= 11 is 6.19. The monoisotopic (exact) mass is 284 g/mol. The lowest BCUT2D eigenvalue weighted by Gasteiger charge is -2.12. The summed E-state index contributed by atoms with van der Waals surface area (Å²) in [6.45, 7) is 1.95. The van der Waals surface area contributed by atoms with Crippen molar-refractivity contribution in [3.05, 3.63) is 54.4 Å². The Kier molecular flexibility index (Phi) is 3.48. The van der Waals surface area contributed by atoms with E-state index in [1.165, 1.54) is 0 Å². The molecule has 0 fully saturated rings. The molecule has 0 radical (unpaired) electrons. The van der Waals surface area contributed by atoms with Crippen LogP contribution in [0.25, 0.3) is 11.2 Å². The first kappa shape index (κ1) is 12.8. The van der Waals surface area contributed by atoms with Crippen molar-refractivity contribution in [3.8, 4) is 0 Å². The largest absolute Gasteiger partial charge is 0.340 e. The van der Waals surface area contributed by atoms with Crippen LogP contribution in [0.5, 0.6) is 0 Å². The van der Waals surface area contributed by atoms with Gasteiger partial charge in [-0.15, -0.1) is 11.6 Å². The molecular weight excluding hydrogens is 272 g/mol. The third kappa shape index (κ3) is 2.56. The fourth-order valence-corrected chi connectivity index (χ4v) is 2.21. The minimum atomic E-state index is -0.0704. The number of alkyl halides is 1. The fraction of sp³-hybridized carbons (Fsp3) is 0.133. The lowest BCUT2D eigenvalue weighted by atomic mass is 10.1.